The van der Waals surface area contributed by atoms with Crippen molar-refractivity contribution in [3.05, 3.63) is 10.4 Å². The van der Waals surface area contributed by atoms with E-state index in [4.69, 9.17) is 5.73 Å². The van der Waals surface area contributed by atoms with Gasteiger partial charge in [0, 0.05) is 14.1 Å². The first-order valence-electron chi connectivity index (χ1n) is 3.44. The second-order valence-electron chi connectivity index (χ2n) is 2.17. The summed E-state index contributed by atoms with van der Waals surface area (Å²) >= 11 is 0. The normalized spacial score (nSPS) is 9.50. The number of rotatable bonds is 2. The monoisotopic (exact) mass is 169 g/mol. The first kappa shape index (κ1) is 8.38. The van der Waals surface area contributed by atoms with E-state index < -0.39 is 0 Å². The van der Waals surface area contributed by atoms with Crippen LogP contribution in [0.2, 0.25) is 0 Å². The van der Waals surface area contributed by atoms with Gasteiger partial charge in [0.05, 0.1) is 0 Å². The van der Waals surface area contributed by atoms with E-state index in [0.717, 1.165) is 0 Å². The molecule has 0 saturated heterocycles. The van der Waals surface area contributed by atoms with E-state index >= 15 is 0 Å². The average molecular weight is 169 g/mol. The number of nitrogens with two attached hydrogens (primary N) is 1. The Morgan fingerprint density at radius 3 is 2.58 bits per heavy atom. The van der Waals surface area contributed by atoms with Gasteiger partial charge in [0.2, 0.25) is 5.95 Å². The topological polar surface area (TPSA) is 95.8 Å². The zero-order valence-corrected chi connectivity index (χ0v) is 6.93. The Labute approximate surface area is 69.2 Å². The van der Waals surface area contributed by atoms with E-state index in [0.29, 0.717) is 11.5 Å². The van der Waals surface area contributed by atoms with Gasteiger partial charge in [-0.1, -0.05) is 0 Å². The van der Waals surface area contributed by atoms with Crippen LogP contribution in [0.3, 0.4) is 0 Å². The summed E-state index contributed by atoms with van der Waals surface area (Å²) in [7, 11) is 3.31. The van der Waals surface area contributed by atoms with Crippen molar-refractivity contribution in [2.75, 3.05) is 30.5 Å². The van der Waals surface area contributed by atoms with Crippen molar-refractivity contribution in [1.82, 2.24) is 9.97 Å². The molecule has 1 rings (SSSR count). The maximum absolute atomic E-state index is 11.2. The molecule has 0 atom stereocenters. The van der Waals surface area contributed by atoms with Crippen LogP contribution in [0.1, 0.15) is 0 Å². The summed E-state index contributed by atoms with van der Waals surface area (Å²) < 4.78 is 0. The van der Waals surface area contributed by atoms with Crippen LogP contribution >= 0.6 is 0 Å². The van der Waals surface area contributed by atoms with E-state index in [-0.39, 0.29) is 11.5 Å². The number of aromatic amines is 1. The minimum Gasteiger partial charge on any atom is -0.381 e. The number of anilines is 3. The number of nitrogens with one attached hydrogen (secondary N) is 3. The Bertz CT molecular complexity index is 331. The number of hydrogen-bond donors (Lipinski definition) is 4. The molecular formula is C6H11N5O. The van der Waals surface area contributed by atoms with Gasteiger partial charge >= 0.3 is 0 Å². The number of hydrogen-bond acceptors (Lipinski definition) is 5. The maximum atomic E-state index is 11.2. The average Bonchev–Trinajstić information content (AvgIpc) is 2.03. The summed E-state index contributed by atoms with van der Waals surface area (Å²) in [5, 5.41) is 5.47. The molecule has 1 heterocycles. The number of H-pyrrole nitrogens is 1. The van der Waals surface area contributed by atoms with Crippen molar-refractivity contribution >= 4 is 17.5 Å². The third-order valence-electron chi connectivity index (χ3n) is 1.42. The Hall–Kier alpha value is -1.72. The number of aromatic nitrogens is 2. The van der Waals surface area contributed by atoms with Crippen molar-refractivity contribution in [2.45, 2.75) is 0 Å². The fraction of sp³-hybridized carbons (Fsp3) is 0.333. The van der Waals surface area contributed by atoms with Crippen molar-refractivity contribution in [3.8, 4) is 0 Å². The lowest BCUT2D eigenvalue weighted by molar-refractivity contribution is 1.13. The van der Waals surface area contributed by atoms with Gasteiger partial charge in [0.25, 0.3) is 5.56 Å². The van der Waals surface area contributed by atoms with Crippen LogP contribution in [0.5, 0.6) is 0 Å². The van der Waals surface area contributed by atoms with Crippen LogP contribution in [-0.2, 0) is 0 Å². The fourth-order valence-electron chi connectivity index (χ4n) is 0.903. The first-order valence-corrected chi connectivity index (χ1v) is 3.44. The van der Waals surface area contributed by atoms with Crippen LogP contribution in [0.4, 0.5) is 17.5 Å². The van der Waals surface area contributed by atoms with Crippen molar-refractivity contribution in [2.24, 2.45) is 0 Å². The predicted molar refractivity (Wildman–Crippen MR) is 48.4 cm³/mol. The minimum atomic E-state index is -0.283. The highest BCUT2D eigenvalue weighted by Crippen LogP contribution is 2.11. The lowest BCUT2D eigenvalue weighted by Gasteiger charge is -2.05. The molecule has 0 aliphatic carbocycles. The van der Waals surface area contributed by atoms with Crippen LogP contribution in [0.25, 0.3) is 0 Å². The molecule has 6 nitrogen and oxygen atoms in total. The summed E-state index contributed by atoms with van der Waals surface area (Å²) in [4.78, 5) is 17.4. The molecule has 5 N–H and O–H groups in total. The molecular weight excluding hydrogens is 158 g/mol. The van der Waals surface area contributed by atoms with E-state index in [2.05, 4.69) is 20.6 Å². The van der Waals surface area contributed by atoms with Gasteiger partial charge in [-0.2, -0.15) is 4.98 Å². The molecule has 0 saturated carbocycles. The standard InChI is InChI=1S/C6H11N5O/c1-8-3-4(9-2)10-6(7)11-5(3)12/h8H,1-2H3,(H4,7,9,10,11,12). The highest BCUT2D eigenvalue weighted by atomic mass is 16.1. The Kier molecular flexibility index (Phi) is 2.18. The van der Waals surface area contributed by atoms with Gasteiger partial charge in [-0.3, -0.25) is 9.78 Å². The Balaban J connectivity index is 3.34. The van der Waals surface area contributed by atoms with Gasteiger partial charge < -0.3 is 16.4 Å². The summed E-state index contributed by atoms with van der Waals surface area (Å²) in [6.45, 7) is 0. The summed E-state index contributed by atoms with van der Waals surface area (Å²) in [6, 6.07) is 0. The molecule has 6 heteroatoms. The predicted octanol–water partition coefficient (Wildman–Crippen LogP) is -0.565. The van der Waals surface area contributed by atoms with Crippen LogP contribution < -0.4 is 21.9 Å². The Morgan fingerprint density at radius 2 is 2.08 bits per heavy atom. The summed E-state index contributed by atoms with van der Waals surface area (Å²) in [6.07, 6.45) is 0. The molecule has 0 aliphatic rings. The third-order valence-corrected chi connectivity index (χ3v) is 1.42. The summed E-state index contributed by atoms with van der Waals surface area (Å²) in [5.74, 6) is 0.544. The van der Waals surface area contributed by atoms with E-state index in [1.54, 1.807) is 14.1 Å². The zero-order valence-electron chi connectivity index (χ0n) is 6.93. The third kappa shape index (κ3) is 1.31. The van der Waals surface area contributed by atoms with Crippen molar-refractivity contribution < 1.29 is 0 Å². The van der Waals surface area contributed by atoms with Gasteiger partial charge in [0.15, 0.2) is 5.82 Å². The molecule has 0 fully saturated rings. The van der Waals surface area contributed by atoms with Gasteiger partial charge in [-0.25, -0.2) is 0 Å². The highest BCUT2D eigenvalue weighted by molar-refractivity contribution is 5.63. The molecule has 0 amide bonds. The molecule has 1 aromatic rings. The van der Waals surface area contributed by atoms with E-state index in [9.17, 15) is 4.79 Å². The second kappa shape index (κ2) is 3.12. The largest absolute Gasteiger partial charge is 0.381 e. The first-order chi connectivity index (χ1) is 5.69. The number of nitrogen functional groups attached to an aromatic ring is 1. The number of nitrogens with zero attached hydrogens (tertiary/aromatic N) is 1. The molecule has 0 aliphatic heterocycles. The summed E-state index contributed by atoms with van der Waals surface area (Å²) in [5.41, 5.74) is 5.42. The van der Waals surface area contributed by atoms with Gasteiger partial charge in [0.1, 0.15) is 5.69 Å². The van der Waals surface area contributed by atoms with Crippen molar-refractivity contribution in [3.63, 3.8) is 0 Å². The van der Waals surface area contributed by atoms with Crippen LogP contribution in [0.15, 0.2) is 4.79 Å². The van der Waals surface area contributed by atoms with Gasteiger partial charge in [-0.15, -0.1) is 0 Å². The molecule has 0 aromatic carbocycles. The van der Waals surface area contributed by atoms with E-state index in [1.807, 2.05) is 0 Å². The minimum absolute atomic E-state index is 0.100. The van der Waals surface area contributed by atoms with Crippen LogP contribution in [-0.4, -0.2) is 24.1 Å². The van der Waals surface area contributed by atoms with E-state index in [1.165, 1.54) is 0 Å². The SMILES string of the molecule is CNc1nc(N)[nH]c(=O)c1NC. The maximum Gasteiger partial charge on any atom is 0.277 e. The van der Waals surface area contributed by atoms with Crippen LogP contribution in [0, 0.1) is 0 Å². The van der Waals surface area contributed by atoms with Crippen molar-refractivity contribution in [1.29, 1.82) is 0 Å². The highest BCUT2D eigenvalue weighted by Gasteiger charge is 2.05. The second-order valence-corrected chi connectivity index (χ2v) is 2.17. The molecule has 0 spiro atoms. The Morgan fingerprint density at radius 1 is 1.42 bits per heavy atom. The smallest absolute Gasteiger partial charge is 0.277 e. The van der Waals surface area contributed by atoms with Gasteiger partial charge in [-0.05, 0) is 0 Å². The quantitative estimate of drug-likeness (QED) is 0.475. The fourth-order valence-corrected chi connectivity index (χ4v) is 0.903. The zero-order chi connectivity index (χ0) is 9.14. The lowest BCUT2D eigenvalue weighted by atomic mass is 10.4. The molecule has 0 bridgehead atoms. The molecule has 66 valence electrons. The lowest BCUT2D eigenvalue weighted by Crippen LogP contribution is -2.17. The molecule has 0 unspecified atom stereocenters. The molecule has 0 radical (unpaired) electrons. The molecule has 12 heavy (non-hydrogen) atoms. The molecule has 1 aromatic heterocycles.